The van der Waals surface area contributed by atoms with Gasteiger partial charge in [0.25, 0.3) is 0 Å². The van der Waals surface area contributed by atoms with Crippen molar-refractivity contribution >= 4 is 63.7 Å². The highest BCUT2D eigenvalue weighted by atomic mass is 35.5. The highest BCUT2D eigenvalue weighted by Gasteiger charge is 2.20. The van der Waals surface area contributed by atoms with Gasteiger partial charge < -0.3 is 10.1 Å². The summed E-state index contributed by atoms with van der Waals surface area (Å²) in [6.07, 6.45) is 5.76. The van der Waals surface area contributed by atoms with Crippen LogP contribution in [0, 0.1) is 0 Å². The topological polar surface area (TPSA) is 30.1 Å². The number of nitrogens with one attached hydrogen (secondary N) is 1. The Bertz CT molecular complexity index is 1260. The SMILES string of the molecule is Clc1ccc(COC(C[n+]2ccn(CCNc3c(Cl)cccc3Cl)c2)c2ccc(Cl)cc2Cl)cc1. The van der Waals surface area contributed by atoms with Crippen molar-refractivity contribution in [2.45, 2.75) is 25.8 Å². The second kappa shape index (κ2) is 12.4. The van der Waals surface area contributed by atoms with Gasteiger partial charge in [-0.25, -0.2) is 9.13 Å². The van der Waals surface area contributed by atoms with Crippen LogP contribution in [-0.4, -0.2) is 11.1 Å². The second-order valence-corrected chi connectivity index (χ2v) is 10.1. The number of hydrogen-bond acceptors (Lipinski definition) is 2. The van der Waals surface area contributed by atoms with Crippen LogP contribution in [-0.2, 0) is 24.4 Å². The first-order valence-corrected chi connectivity index (χ1v) is 12.8. The van der Waals surface area contributed by atoms with Gasteiger partial charge in [0.2, 0.25) is 6.33 Å². The molecule has 0 amide bonds. The van der Waals surface area contributed by atoms with Crippen LogP contribution in [0.2, 0.25) is 25.1 Å². The smallest absolute Gasteiger partial charge is 0.243 e. The van der Waals surface area contributed by atoms with E-state index >= 15 is 0 Å². The Morgan fingerprint density at radius 3 is 2.29 bits per heavy atom. The summed E-state index contributed by atoms with van der Waals surface area (Å²) in [5.41, 5.74) is 2.64. The zero-order chi connectivity index (χ0) is 24.8. The molecule has 0 fully saturated rings. The van der Waals surface area contributed by atoms with Crippen molar-refractivity contribution in [2.24, 2.45) is 0 Å². The average molecular weight is 571 g/mol. The molecule has 0 saturated carbocycles. The monoisotopic (exact) mass is 568 g/mol. The molecule has 182 valence electrons. The Kier molecular flexibility index (Phi) is 9.23. The van der Waals surface area contributed by atoms with Crippen LogP contribution < -0.4 is 9.88 Å². The molecule has 0 aliphatic rings. The Labute approximate surface area is 229 Å². The first-order valence-electron chi connectivity index (χ1n) is 10.9. The van der Waals surface area contributed by atoms with E-state index in [0.717, 1.165) is 23.4 Å². The highest BCUT2D eigenvalue weighted by Crippen LogP contribution is 2.30. The van der Waals surface area contributed by atoms with Gasteiger partial charge in [0.15, 0.2) is 0 Å². The fourth-order valence-corrected chi connectivity index (χ4v) is 4.82. The minimum absolute atomic E-state index is 0.281. The first-order chi connectivity index (χ1) is 16.9. The minimum Gasteiger partial charge on any atom is -0.379 e. The number of hydrogen-bond donors (Lipinski definition) is 1. The van der Waals surface area contributed by atoms with Crippen molar-refractivity contribution in [3.05, 3.63) is 116 Å². The van der Waals surface area contributed by atoms with Crippen LogP contribution in [0.15, 0.2) is 79.4 Å². The summed E-state index contributed by atoms with van der Waals surface area (Å²) in [4.78, 5) is 0. The number of halogens is 5. The number of para-hydroxylation sites is 1. The fraction of sp³-hybridized carbons (Fsp3) is 0.192. The van der Waals surface area contributed by atoms with Crippen LogP contribution in [0.5, 0.6) is 0 Å². The number of imidazole rings is 1. The second-order valence-electron chi connectivity index (χ2n) is 7.96. The lowest BCUT2D eigenvalue weighted by Gasteiger charge is -2.18. The van der Waals surface area contributed by atoms with Gasteiger partial charge in [-0.05, 0) is 42.0 Å². The van der Waals surface area contributed by atoms with Gasteiger partial charge >= 0.3 is 0 Å². The molecule has 1 atom stereocenters. The van der Waals surface area contributed by atoms with Crippen LogP contribution >= 0.6 is 58.0 Å². The number of aromatic nitrogens is 2. The summed E-state index contributed by atoms with van der Waals surface area (Å²) < 4.78 is 10.5. The molecule has 1 aromatic heterocycles. The van der Waals surface area contributed by atoms with Crippen LogP contribution in [0.4, 0.5) is 5.69 Å². The van der Waals surface area contributed by atoms with Crippen molar-refractivity contribution < 1.29 is 9.30 Å². The third kappa shape index (κ3) is 7.29. The van der Waals surface area contributed by atoms with Crippen molar-refractivity contribution in [1.29, 1.82) is 0 Å². The molecule has 1 unspecified atom stereocenters. The van der Waals surface area contributed by atoms with Crippen molar-refractivity contribution in [1.82, 2.24) is 4.57 Å². The molecular formula is C26H23Cl5N3O+. The summed E-state index contributed by atoms with van der Waals surface area (Å²) >= 11 is 31.1. The van der Waals surface area contributed by atoms with E-state index < -0.39 is 0 Å². The molecule has 1 N–H and O–H groups in total. The number of anilines is 1. The molecule has 35 heavy (non-hydrogen) atoms. The molecule has 4 rings (SSSR count). The van der Waals surface area contributed by atoms with E-state index in [2.05, 4.69) is 14.5 Å². The molecule has 3 aromatic carbocycles. The Hall–Kier alpha value is -1.92. The van der Waals surface area contributed by atoms with Crippen LogP contribution in [0.25, 0.3) is 0 Å². The van der Waals surface area contributed by atoms with E-state index in [1.807, 2.05) is 73.3 Å². The predicted octanol–water partition coefficient (Wildman–Crippen LogP) is 8.11. The highest BCUT2D eigenvalue weighted by molar-refractivity contribution is 6.39. The lowest BCUT2D eigenvalue weighted by molar-refractivity contribution is -0.704. The molecule has 0 radical (unpaired) electrons. The molecule has 4 nitrogen and oxygen atoms in total. The quantitative estimate of drug-likeness (QED) is 0.195. The van der Waals surface area contributed by atoms with Crippen molar-refractivity contribution in [2.75, 3.05) is 11.9 Å². The normalized spacial score (nSPS) is 12.0. The van der Waals surface area contributed by atoms with Gasteiger partial charge in [-0.1, -0.05) is 82.3 Å². The maximum atomic E-state index is 6.52. The number of nitrogens with zero attached hydrogens (tertiary/aromatic N) is 2. The standard InChI is InChI=1S/C26H23Cl5N3O/c27-19-6-4-18(5-7-19)16-35-25(21-9-8-20(28)14-24(21)31)15-34-13-12-33(17-34)11-10-32-26-22(29)2-1-3-23(26)30/h1-9,12-14,17,25,32H,10-11,15-16H2/q+1. The number of benzene rings is 3. The summed E-state index contributed by atoms with van der Waals surface area (Å²) in [6.45, 7) is 2.39. The minimum atomic E-state index is -0.281. The third-order valence-electron chi connectivity index (χ3n) is 5.43. The average Bonchev–Trinajstić information content (AvgIpc) is 3.27. The van der Waals surface area contributed by atoms with Gasteiger partial charge in [0.1, 0.15) is 31.6 Å². The lowest BCUT2D eigenvalue weighted by atomic mass is 10.1. The molecule has 9 heteroatoms. The molecule has 0 aliphatic heterocycles. The molecule has 1 heterocycles. The zero-order valence-electron chi connectivity index (χ0n) is 18.6. The van der Waals surface area contributed by atoms with E-state index in [4.69, 9.17) is 62.7 Å². The maximum absolute atomic E-state index is 6.52. The first kappa shape index (κ1) is 26.2. The fourth-order valence-electron chi connectivity index (χ4n) is 3.63. The van der Waals surface area contributed by atoms with Crippen LogP contribution in [0.3, 0.4) is 0 Å². The lowest BCUT2D eigenvalue weighted by Crippen LogP contribution is -2.35. The molecule has 0 bridgehead atoms. The maximum Gasteiger partial charge on any atom is 0.243 e. The van der Waals surface area contributed by atoms with Gasteiger partial charge in [0.05, 0.1) is 28.9 Å². The van der Waals surface area contributed by atoms with E-state index in [0.29, 0.717) is 44.8 Å². The summed E-state index contributed by atoms with van der Waals surface area (Å²) in [6, 6.07) is 18.5. The molecular weight excluding hydrogens is 548 g/mol. The van der Waals surface area contributed by atoms with E-state index in [9.17, 15) is 0 Å². The van der Waals surface area contributed by atoms with E-state index in [1.54, 1.807) is 6.07 Å². The van der Waals surface area contributed by atoms with E-state index in [-0.39, 0.29) is 6.10 Å². The molecule has 0 spiro atoms. The van der Waals surface area contributed by atoms with Gasteiger partial charge in [-0.3, -0.25) is 0 Å². The Morgan fingerprint density at radius 1 is 0.857 bits per heavy atom. The third-order valence-corrected chi connectivity index (χ3v) is 6.88. The van der Waals surface area contributed by atoms with Gasteiger partial charge in [-0.15, -0.1) is 0 Å². The summed E-state index contributed by atoms with van der Waals surface area (Å²) in [5.74, 6) is 0. The Morgan fingerprint density at radius 2 is 1.57 bits per heavy atom. The molecule has 0 aliphatic carbocycles. The summed E-state index contributed by atoms with van der Waals surface area (Å²) in [7, 11) is 0. The van der Waals surface area contributed by atoms with Gasteiger partial charge in [-0.2, -0.15) is 0 Å². The van der Waals surface area contributed by atoms with Crippen molar-refractivity contribution in [3.63, 3.8) is 0 Å². The molecule has 4 aromatic rings. The molecule has 0 saturated heterocycles. The van der Waals surface area contributed by atoms with Crippen LogP contribution in [0.1, 0.15) is 17.2 Å². The largest absolute Gasteiger partial charge is 0.379 e. The predicted molar refractivity (Wildman–Crippen MR) is 145 cm³/mol. The van der Waals surface area contributed by atoms with Gasteiger partial charge in [0, 0.05) is 20.6 Å². The van der Waals surface area contributed by atoms with Crippen molar-refractivity contribution in [3.8, 4) is 0 Å². The zero-order valence-corrected chi connectivity index (χ0v) is 22.4. The summed E-state index contributed by atoms with van der Waals surface area (Å²) in [5, 5.41) is 6.34. The van der Waals surface area contributed by atoms with E-state index in [1.165, 1.54) is 0 Å². The Balaban J connectivity index is 1.43. The number of ether oxygens (including phenoxy) is 1. The number of rotatable bonds is 10.